The smallest absolute Gasteiger partial charge is 0.227 e. The zero-order chi connectivity index (χ0) is 17.0. The van der Waals surface area contributed by atoms with Gasteiger partial charge in [-0.3, -0.25) is 9.59 Å². The summed E-state index contributed by atoms with van der Waals surface area (Å²) in [6.07, 6.45) is 1.14. The number of rotatable bonds is 6. The summed E-state index contributed by atoms with van der Waals surface area (Å²) < 4.78 is 5.29. The van der Waals surface area contributed by atoms with Crippen LogP contribution in [0.5, 0.6) is 5.75 Å². The van der Waals surface area contributed by atoms with Crippen molar-refractivity contribution in [2.24, 2.45) is 11.8 Å². The first-order valence-electron chi connectivity index (χ1n) is 7.84. The van der Waals surface area contributed by atoms with E-state index >= 15 is 0 Å². The second-order valence-corrected chi connectivity index (χ2v) is 6.63. The molecule has 0 radical (unpaired) electrons. The molecular weight excluding hydrogens is 316 g/mol. The molecule has 1 aliphatic heterocycles. The van der Waals surface area contributed by atoms with Crippen LogP contribution in [-0.2, 0) is 9.59 Å². The van der Waals surface area contributed by atoms with E-state index in [1.807, 2.05) is 0 Å². The topological polar surface area (TPSA) is 58.6 Å². The lowest BCUT2D eigenvalue weighted by molar-refractivity contribution is -0.126. The Morgan fingerprint density at radius 2 is 2.22 bits per heavy atom. The maximum Gasteiger partial charge on any atom is 0.227 e. The molecule has 0 aromatic heterocycles. The summed E-state index contributed by atoms with van der Waals surface area (Å²) in [6.45, 7) is 5.21. The molecule has 1 unspecified atom stereocenters. The summed E-state index contributed by atoms with van der Waals surface area (Å²) >= 11 is 6.02. The van der Waals surface area contributed by atoms with Gasteiger partial charge in [0.2, 0.25) is 11.8 Å². The van der Waals surface area contributed by atoms with Crippen LogP contribution in [0, 0.1) is 11.8 Å². The van der Waals surface area contributed by atoms with Gasteiger partial charge < -0.3 is 15.0 Å². The molecule has 1 N–H and O–H groups in total. The van der Waals surface area contributed by atoms with E-state index in [-0.39, 0.29) is 24.2 Å². The lowest BCUT2D eigenvalue weighted by Gasteiger charge is -2.20. The number of nitrogens with zero attached hydrogens (tertiary/aromatic N) is 1. The first-order chi connectivity index (χ1) is 10.9. The average molecular weight is 339 g/mol. The van der Waals surface area contributed by atoms with Gasteiger partial charge in [-0.15, -0.1) is 0 Å². The number of methoxy groups -OCH3 is 1. The number of hydrogen-bond acceptors (Lipinski definition) is 3. The Bertz CT molecular complexity index is 589. The van der Waals surface area contributed by atoms with Crippen molar-refractivity contribution in [3.05, 3.63) is 23.2 Å². The van der Waals surface area contributed by atoms with Crippen molar-refractivity contribution in [2.45, 2.75) is 26.7 Å². The minimum atomic E-state index is -0.335. The number of nitrogens with one attached hydrogen (secondary N) is 1. The highest BCUT2D eigenvalue weighted by Crippen LogP contribution is 2.35. The molecule has 23 heavy (non-hydrogen) atoms. The number of amides is 2. The molecule has 1 fully saturated rings. The van der Waals surface area contributed by atoms with E-state index in [4.69, 9.17) is 16.3 Å². The standard InChI is InChI=1S/C17H23ClN2O3/c1-11(2)6-7-19-17(22)12-8-16(21)20(10-12)14-9-13(18)4-5-15(14)23-3/h4-5,9,11-12H,6-8,10H2,1-3H3,(H,19,22). The highest BCUT2D eigenvalue weighted by atomic mass is 35.5. The number of benzene rings is 1. The second-order valence-electron chi connectivity index (χ2n) is 6.20. The fourth-order valence-corrected chi connectivity index (χ4v) is 2.78. The maximum atomic E-state index is 12.3. The Kier molecular flexibility index (Phi) is 5.88. The Balaban J connectivity index is 2.05. The minimum Gasteiger partial charge on any atom is -0.495 e. The van der Waals surface area contributed by atoms with E-state index in [1.54, 1.807) is 30.2 Å². The van der Waals surface area contributed by atoms with E-state index < -0.39 is 0 Å². The summed E-state index contributed by atoms with van der Waals surface area (Å²) in [6, 6.07) is 5.12. The first kappa shape index (κ1) is 17.6. The van der Waals surface area contributed by atoms with Crippen LogP contribution < -0.4 is 15.0 Å². The van der Waals surface area contributed by atoms with Crippen LogP contribution in [0.4, 0.5) is 5.69 Å². The minimum absolute atomic E-state index is 0.0671. The molecule has 2 amide bonds. The Morgan fingerprint density at radius 3 is 2.87 bits per heavy atom. The van der Waals surface area contributed by atoms with Gasteiger partial charge in [0, 0.05) is 24.5 Å². The number of carbonyl (C=O) groups is 2. The fraction of sp³-hybridized carbons (Fsp3) is 0.529. The van der Waals surface area contributed by atoms with Crippen LogP contribution in [0.3, 0.4) is 0 Å². The molecule has 1 aromatic carbocycles. The van der Waals surface area contributed by atoms with Crippen molar-refractivity contribution in [3.63, 3.8) is 0 Å². The van der Waals surface area contributed by atoms with Gasteiger partial charge >= 0.3 is 0 Å². The van der Waals surface area contributed by atoms with Gasteiger partial charge in [-0.25, -0.2) is 0 Å². The highest BCUT2D eigenvalue weighted by molar-refractivity contribution is 6.31. The zero-order valence-electron chi connectivity index (χ0n) is 13.8. The molecule has 1 heterocycles. The van der Waals surface area contributed by atoms with Crippen LogP contribution in [0.2, 0.25) is 5.02 Å². The van der Waals surface area contributed by atoms with Crippen molar-refractivity contribution in [1.29, 1.82) is 0 Å². The van der Waals surface area contributed by atoms with Crippen molar-refractivity contribution < 1.29 is 14.3 Å². The fourth-order valence-electron chi connectivity index (χ4n) is 2.62. The molecule has 6 heteroatoms. The van der Waals surface area contributed by atoms with Crippen LogP contribution in [-0.4, -0.2) is 32.0 Å². The molecule has 1 atom stereocenters. The van der Waals surface area contributed by atoms with Gasteiger partial charge in [-0.1, -0.05) is 25.4 Å². The molecule has 0 aliphatic carbocycles. The number of carbonyl (C=O) groups excluding carboxylic acids is 2. The van der Waals surface area contributed by atoms with E-state index in [1.165, 1.54) is 0 Å². The SMILES string of the molecule is COc1ccc(Cl)cc1N1CC(C(=O)NCCC(C)C)CC1=O. The maximum absolute atomic E-state index is 12.3. The van der Waals surface area contributed by atoms with Gasteiger partial charge in [0.05, 0.1) is 18.7 Å². The van der Waals surface area contributed by atoms with Gasteiger partial charge in [-0.2, -0.15) is 0 Å². The number of halogens is 1. The van der Waals surface area contributed by atoms with Crippen LogP contribution in [0.25, 0.3) is 0 Å². The van der Waals surface area contributed by atoms with Gasteiger partial charge in [0.25, 0.3) is 0 Å². The third-order valence-electron chi connectivity index (χ3n) is 3.95. The molecule has 1 aliphatic rings. The summed E-state index contributed by atoms with van der Waals surface area (Å²) in [7, 11) is 1.55. The molecule has 1 saturated heterocycles. The van der Waals surface area contributed by atoms with Gasteiger partial charge in [-0.05, 0) is 30.5 Å². The van der Waals surface area contributed by atoms with E-state index in [9.17, 15) is 9.59 Å². The van der Waals surface area contributed by atoms with Crippen molar-refractivity contribution in [2.75, 3.05) is 25.1 Å². The highest BCUT2D eigenvalue weighted by Gasteiger charge is 2.36. The predicted octanol–water partition coefficient (Wildman–Crippen LogP) is 2.86. The number of ether oxygens (including phenoxy) is 1. The van der Waals surface area contributed by atoms with E-state index in [0.717, 1.165) is 6.42 Å². The first-order valence-corrected chi connectivity index (χ1v) is 8.21. The molecular formula is C17H23ClN2O3. The summed E-state index contributed by atoms with van der Waals surface area (Å²) in [4.78, 5) is 26.1. The molecule has 2 rings (SSSR count). The van der Waals surface area contributed by atoms with Gasteiger partial charge in [0.15, 0.2) is 0 Å². The lowest BCUT2D eigenvalue weighted by Crippen LogP contribution is -2.34. The van der Waals surface area contributed by atoms with Crippen LogP contribution in [0.1, 0.15) is 26.7 Å². The summed E-state index contributed by atoms with van der Waals surface area (Å²) in [5, 5.41) is 3.44. The number of anilines is 1. The molecule has 0 saturated carbocycles. The Morgan fingerprint density at radius 1 is 1.48 bits per heavy atom. The van der Waals surface area contributed by atoms with Crippen molar-refractivity contribution >= 4 is 29.1 Å². The normalized spacial score (nSPS) is 17.7. The monoisotopic (exact) mass is 338 g/mol. The van der Waals surface area contributed by atoms with Crippen molar-refractivity contribution in [1.82, 2.24) is 5.32 Å². The molecule has 5 nitrogen and oxygen atoms in total. The van der Waals surface area contributed by atoms with E-state index in [0.29, 0.717) is 35.5 Å². The molecule has 0 bridgehead atoms. The Hall–Kier alpha value is -1.75. The third kappa shape index (κ3) is 4.38. The zero-order valence-corrected chi connectivity index (χ0v) is 14.5. The molecule has 0 spiro atoms. The van der Waals surface area contributed by atoms with Crippen molar-refractivity contribution in [3.8, 4) is 5.75 Å². The lowest BCUT2D eigenvalue weighted by atomic mass is 10.1. The number of hydrogen-bond donors (Lipinski definition) is 1. The average Bonchev–Trinajstić information content (AvgIpc) is 2.88. The molecule has 126 valence electrons. The third-order valence-corrected chi connectivity index (χ3v) is 4.18. The predicted molar refractivity (Wildman–Crippen MR) is 90.9 cm³/mol. The second kappa shape index (κ2) is 7.68. The Labute approximate surface area is 141 Å². The van der Waals surface area contributed by atoms with E-state index in [2.05, 4.69) is 19.2 Å². The van der Waals surface area contributed by atoms with Crippen LogP contribution >= 0.6 is 11.6 Å². The van der Waals surface area contributed by atoms with Crippen LogP contribution in [0.15, 0.2) is 18.2 Å². The largest absolute Gasteiger partial charge is 0.495 e. The summed E-state index contributed by atoms with van der Waals surface area (Å²) in [5.41, 5.74) is 0.613. The van der Waals surface area contributed by atoms with Gasteiger partial charge in [0.1, 0.15) is 5.75 Å². The quantitative estimate of drug-likeness (QED) is 0.867. The summed E-state index contributed by atoms with van der Waals surface area (Å²) in [5.74, 6) is 0.617. The molecule has 1 aromatic rings.